The maximum absolute atomic E-state index is 8.91. The van der Waals surface area contributed by atoms with Crippen LogP contribution in [-0.2, 0) is 6.54 Å². The largest absolute Gasteiger partial charge is 0.398 e. The van der Waals surface area contributed by atoms with Gasteiger partial charge in [-0.05, 0) is 49.1 Å². The van der Waals surface area contributed by atoms with E-state index in [9.17, 15) is 0 Å². The minimum Gasteiger partial charge on any atom is -0.398 e. The van der Waals surface area contributed by atoms with Crippen molar-refractivity contribution in [2.45, 2.75) is 51.7 Å². The molecule has 2 aromatic heterocycles. The van der Waals surface area contributed by atoms with Gasteiger partial charge < -0.3 is 21.5 Å². The molecule has 0 saturated heterocycles. The van der Waals surface area contributed by atoms with Gasteiger partial charge in [-0.25, -0.2) is 9.97 Å². The van der Waals surface area contributed by atoms with Crippen LogP contribution in [0.15, 0.2) is 48.8 Å². The number of aromatic nitrogens is 3. The maximum Gasteiger partial charge on any atom is 0.183 e. The van der Waals surface area contributed by atoms with Crippen LogP contribution in [0.4, 0.5) is 16.6 Å². The average molecular weight is 477 g/mol. The van der Waals surface area contributed by atoms with E-state index in [4.69, 9.17) is 10.8 Å². The summed E-state index contributed by atoms with van der Waals surface area (Å²) in [5.41, 5.74) is 11.8. The number of nitrogens with one attached hydrogen (secondary N) is 2. The zero-order valence-corrected chi connectivity index (χ0v) is 20.5. The zero-order valence-electron chi connectivity index (χ0n) is 19.7. The molecule has 34 heavy (non-hydrogen) atoms. The van der Waals surface area contributed by atoms with E-state index in [0.717, 1.165) is 56.5 Å². The third-order valence-electron chi connectivity index (χ3n) is 5.92. The van der Waals surface area contributed by atoms with Crippen molar-refractivity contribution in [1.82, 2.24) is 15.0 Å². The third kappa shape index (κ3) is 6.21. The van der Waals surface area contributed by atoms with Crippen LogP contribution in [0.2, 0.25) is 0 Å². The number of benzene rings is 2. The van der Waals surface area contributed by atoms with Gasteiger partial charge in [-0.3, -0.25) is 4.98 Å². The van der Waals surface area contributed by atoms with Crippen LogP contribution in [-0.4, -0.2) is 33.2 Å². The molecular formula is C26H32N6OS. The van der Waals surface area contributed by atoms with Crippen molar-refractivity contribution in [1.29, 1.82) is 0 Å². The van der Waals surface area contributed by atoms with Crippen LogP contribution in [0, 0.1) is 6.92 Å². The molecule has 1 aliphatic carbocycles. The lowest BCUT2D eigenvalue weighted by Crippen LogP contribution is -2.09. The number of anilines is 3. The Morgan fingerprint density at radius 3 is 2.59 bits per heavy atom. The summed E-state index contributed by atoms with van der Waals surface area (Å²) >= 11 is 1.65. The van der Waals surface area contributed by atoms with Gasteiger partial charge in [0.1, 0.15) is 5.82 Å². The van der Waals surface area contributed by atoms with Gasteiger partial charge in [-0.1, -0.05) is 48.8 Å². The smallest absolute Gasteiger partial charge is 0.183 e. The highest BCUT2D eigenvalue weighted by molar-refractivity contribution is 7.22. The lowest BCUT2D eigenvalue weighted by molar-refractivity contribution is 0.130. The summed E-state index contributed by atoms with van der Waals surface area (Å²) in [5, 5.41) is 16.3. The first-order chi connectivity index (χ1) is 16.5. The van der Waals surface area contributed by atoms with E-state index >= 15 is 0 Å². The van der Waals surface area contributed by atoms with E-state index in [1.165, 1.54) is 24.8 Å². The molecule has 1 saturated carbocycles. The van der Waals surface area contributed by atoms with Gasteiger partial charge in [-0.2, -0.15) is 0 Å². The number of hydrogen-bond donors (Lipinski definition) is 4. The molecule has 1 fully saturated rings. The lowest BCUT2D eigenvalue weighted by Gasteiger charge is -2.14. The molecule has 0 aliphatic heterocycles. The average Bonchev–Trinajstić information content (AvgIpc) is 3.28. The van der Waals surface area contributed by atoms with E-state index in [-0.39, 0.29) is 6.10 Å². The molecule has 4 aromatic rings. The van der Waals surface area contributed by atoms with Crippen molar-refractivity contribution in [3.8, 4) is 11.3 Å². The summed E-state index contributed by atoms with van der Waals surface area (Å²) in [6, 6.07) is 12.2. The molecule has 0 unspecified atom stereocenters. The summed E-state index contributed by atoms with van der Waals surface area (Å²) in [4.78, 5) is 13.5. The Morgan fingerprint density at radius 2 is 1.88 bits per heavy atom. The Morgan fingerprint density at radius 1 is 1.06 bits per heavy atom. The number of nitrogen functional groups attached to an aromatic ring is 1. The van der Waals surface area contributed by atoms with Crippen LogP contribution < -0.4 is 16.4 Å². The predicted octanol–water partition coefficient (Wildman–Crippen LogP) is 5.61. The molecule has 5 rings (SSSR count). The molecule has 5 N–H and O–H groups in total. The highest BCUT2D eigenvalue weighted by Crippen LogP contribution is 2.27. The molecule has 0 amide bonds. The quantitative estimate of drug-likeness (QED) is 0.277. The Balaban J connectivity index is 0.000000336. The topological polar surface area (TPSA) is 109 Å². The first-order valence-electron chi connectivity index (χ1n) is 11.7. The monoisotopic (exact) mass is 476 g/mol. The number of thiazole rings is 1. The van der Waals surface area contributed by atoms with Crippen molar-refractivity contribution < 1.29 is 5.11 Å². The standard InChI is InChI=1S/C20H20N6S.C6H12O/c1-12-3-5-14(8-15(12)21)17-10-23-11-19(25-17)24-9-13-4-6-16-18(7-13)27-20(22-2)26-16;7-6-4-2-1-3-5-6/h3-8,10-11H,9,21H2,1-2H3,(H,22,26)(H,24,25);6-7H,1-5H2. The molecule has 1 aliphatic rings. The molecule has 2 heterocycles. The number of aliphatic hydroxyl groups is 1. The Hall–Kier alpha value is -3.23. The zero-order chi connectivity index (χ0) is 23.9. The normalized spacial score (nSPS) is 13.9. The third-order valence-corrected chi connectivity index (χ3v) is 6.96. The van der Waals surface area contributed by atoms with Crippen LogP contribution in [0.1, 0.15) is 43.2 Å². The van der Waals surface area contributed by atoms with Crippen LogP contribution in [0.25, 0.3) is 21.5 Å². The second-order valence-corrected chi connectivity index (χ2v) is 9.61. The fourth-order valence-corrected chi connectivity index (χ4v) is 4.73. The van der Waals surface area contributed by atoms with Gasteiger partial charge in [0.15, 0.2) is 5.13 Å². The first-order valence-corrected chi connectivity index (χ1v) is 12.5. The Bertz CT molecular complexity index is 1240. The first kappa shape index (κ1) is 23.9. The van der Waals surface area contributed by atoms with Gasteiger partial charge >= 0.3 is 0 Å². The van der Waals surface area contributed by atoms with E-state index < -0.39 is 0 Å². The minimum atomic E-state index is 0.0359. The van der Waals surface area contributed by atoms with Gasteiger partial charge in [0.2, 0.25) is 0 Å². The van der Waals surface area contributed by atoms with Crippen molar-refractivity contribution in [3.05, 3.63) is 59.9 Å². The van der Waals surface area contributed by atoms with E-state index in [2.05, 4.69) is 37.7 Å². The number of aliphatic hydroxyl groups excluding tert-OH is 1. The molecule has 7 nitrogen and oxygen atoms in total. The number of nitrogens with two attached hydrogens (primary N) is 1. The SMILES string of the molecule is CNc1nc2ccc(CNc3cncc(-c4ccc(C)c(N)c4)n3)cc2s1.OC1CCCCC1. The fraction of sp³-hybridized carbons (Fsp3) is 0.346. The Labute approximate surface area is 204 Å². The van der Waals surface area contributed by atoms with E-state index in [1.54, 1.807) is 23.7 Å². The molecule has 0 atom stereocenters. The lowest BCUT2D eigenvalue weighted by atomic mass is 9.98. The molecule has 0 bridgehead atoms. The summed E-state index contributed by atoms with van der Waals surface area (Å²) in [6.07, 6.45) is 9.40. The summed E-state index contributed by atoms with van der Waals surface area (Å²) in [7, 11) is 1.88. The predicted molar refractivity (Wildman–Crippen MR) is 142 cm³/mol. The molecule has 2 aromatic carbocycles. The summed E-state index contributed by atoms with van der Waals surface area (Å²) in [6.45, 7) is 2.65. The second-order valence-electron chi connectivity index (χ2n) is 8.58. The molecule has 8 heteroatoms. The number of rotatable bonds is 5. The molecule has 0 radical (unpaired) electrons. The molecular weight excluding hydrogens is 444 g/mol. The van der Waals surface area contributed by atoms with Gasteiger partial charge in [0.25, 0.3) is 0 Å². The van der Waals surface area contributed by atoms with Crippen LogP contribution >= 0.6 is 11.3 Å². The van der Waals surface area contributed by atoms with Crippen molar-refractivity contribution >= 4 is 38.2 Å². The van der Waals surface area contributed by atoms with Gasteiger partial charge in [0, 0.05) is 24.8 Å². The minimum absolute atomic E-state index is 0.0359. The van der Waals surface area contributed by atoms with E-state index in [0.29, 0.717) is 6.54 Å². The van der Waals surface area contributed by atoms with Crippen molar-refractivity contribution in [2.24, 2.45) is 0 Å². The maximum atomic E-state index is 8.91. The highest BCUT2D eigenvalue weighted by Gasteiger charge is 2.08. The molecule has 178 valence electrons. The van der Waals surface area contributed by atoms with Gasteiger partial charge in [-0.15, -0.1) is 0 Å². The number of nitrogens with zero attached hydrogens (tertiary/aromatic N) is 3. The second kappa shape index (κ2) is 11.3. The van der Waals surface area contributed by atoms with E-state index in [1.807, 2.05) is 38.2 Å². The van der Waals surface area contributed by atoms with Gasteiger partial charge in [0.05, 0.1) is 34.4 Å². The van der Waals surface area contributed by atoms with Crippen molar-refractivity contribution in [3.63, 3.8) is 0 Å². The van der Waals surface area contributed by atoms with Crippen LogP contribution in [0.5, 0.6) is 0 Å². The van der Waals surface area contributed by atoms with Crippen molar-refractivity contribution in [2.75, 3.05) is 23.4 Å². The fourth-order valence-electron chi connectivity index (χ4n) is 3.85. The number of hydrogen-bond acceptors (Lipinski definition) is 8. The summed E-state index contributed by atoms with van der Waals surface area (Å²) in [5.74, 6) is 0.729. The number of aryl methyl sites for hydroxylation is 1. The highest BCUT2D eigenvalue weighted by atomic mass is 32.1. The Kier molecular flexibility index (Phi) is 7.92. The number of fused-ring (bicyclic) bond motifs is 1. The molecule has 0 spiro atoms. The summed E-state index contributed by atoms with van der Waals surface area (Å²) < 4.78 is 1.16. The van der Waals surface area contributed by atoms with Crippen LogP contribution in [0.3, 0.4) is 0 Å².